The molecule has 0 bridgehead atoms. The van der Waals surface area contributed by atoms with Gasteiger partial charge in [-0.15, -0.1) is 0 Å². The Balaban J connectivity index is 1.80. The van der Waals surface area contributed by atoms with Gasteiger partial charge >= 0.3 is 0 Å². The fourth-order valence-electron chi connectivity index (χ4n) is 2.46. The van der Waals surface area contributed by atoms with E-state index in [1.54, 1.807) is 7.11 Å². The summed E-state index contributed by atoms with van der Waals surface area (Å²) in [5.74, 6) is 1.51. The molecule has 0 saturated heterocycles. The van der Waals surface area contributed by atoms with Gasteiger partial charge in [-0.05, 0) is 43.4 Å². The first kappa shape index (κ1) is 15.3. The van der Waals surface area contributed by atoms with Crippen molar-refractivity contribution in [3.8, 4) is 5.75 Å². The van der Waals surface area contributed by atoms with Crippen LogP contribution in [0.2, 0.25) is 0 Å². The van der Waals surface area contributed by atoms with Crippen LogP contribution >= 0.6 is 0 Å². The van der Waals surface area contributed by atoms with E-state index in [0.29, 0.717) is 24.1 Å². The molecule has 0 spiro atoms. The Kier molecular flexibility index (Phi) is 5.44. The van der Waals surface area contributed by atoms with Crippen molar-refractivity contribution < 1.29 is 9.47 Å². The summed E-state index contributed by atoms with van der Waals surface area (Å²) in [5, 5.41) is 3.65. The summed E-state index contributed by atoms with van der Waals surface area (Å²) in [6.45, 7) is 7.30. The minimum absolute atomic E-state index is 0.372. The van der Waals surface area contributed by atoms with Crippen molar-refractivity contribution in [2.24, 2.45) is 5.92 Å². The smallest absolute Gasteiger partial charge is 0.119 e. The van der Waals surface area contributed by atoms with Crippen LogP contribution in [0.25, 0.3) is 0 Å². The number of benzene rings is 1. The van der Waals surface area contributed by atoms with E-state index in [0.717, 1.165) is 25.2 Å². The normalized spacial score (nSPS) is 23.4. The second kappa shape index (κ2) is 7.09. The van der Waals surface area contributed by atoms with Crippen molar-refractivity contribution in [3.63, 3.8) is 0 Å². The molecule has 1 aromatic rings. The van der Waals surface area contributed by atoms with E-state index in [2.05, 4.69) is 50.4 Å². The maximum atomic E-state index is 5.71. The van der Waals surface area contributed by atoms with Crippen LogP contribution in [-0.2, 0) is 4.74 Å². The number of rotatable bonds is 7. The zero-order valence-electron chi connectivity index (χ0n) is 13.1. The first-order valence-corrected chi connectivity index (χ1v) is 7.60. The SMILES string of the molecule is COC1CC(NC(C)c2ccc(OCC(C)C)cc2)C1. The molecule has 0 heterocycles. The third-order valence-electron chi connectivity index (χ3n) is 3.88. The van der Waals surface area contributed by atoms with E-state index >= 15 is 0 Å². The molecule has 3 heteroatoms. The Labute approximate surface area is 122 Å². The molecule has 0 aromatic heterocycles. The van der Waals surface area contributed by atoms with Crippen LogP contribution in [0.15, 0.2) is 24.3 Å². The molecule has 1 saturated carbocycles. The summed E-state index contributed by atoms with van der Waals surface area (Å²) in [6.07, 6.45) is 2.69. The maximum absolute atomic E-state index is 5.71. The Hall–Kier alpha value is -1.06. The van der Waals surface area contributed by atoms with E-state index in [9.17, 15) is 0 Å². The lowest BCUT2D eigenvalue weighted by Crippen LogP contribution is -2.45. The van der Waals surface area contributed by atoms with E-state index < -0.39 is 0 Å². The van der Waals surface area contributed by atoms with Crippen LogP contribution in [-0.4, -0.2) is 25.9 Å². The number of ether oxygens (including phenoxy) is 2. The Morgan fingerprint density at radius 3 is 2.35 bits per heavy atom. The summed E-state index contributed by atoms with van der Waals surface area (Å²) >= 11 is 0. The number of nitrogens with one attached hydrogen (secondary N) is 1. The van der Waals surface area contributed by atoms with Gasteiger partial charge in [0.05, 0.1) is 12.7 Å². The van der Waals surface area contributed by atoms with Crippen molar-refractivity contribution in [2.45, 2.75) is 51.8 Å². The summed E-state index contributed by atoms with van der Waals surface area (Å²) in [4.78, 5) is 0. The van der Waals surface area contributed by atoms with Crippen LogP contribution in [0.3, 0.4) is 0 Å². The maximum Gasteiger partial charge on any atom is 0.119 e. The topological polar surface area (TPSA) is 30.5 Å². The highest BCUT2D eigenvalue weighted by Gasteiger charge is 2.29. The fraction of sp³-hybridized carbons (Fsp3) is 0.647. The second-order valence-corrected chi connectivity index (χ2v) is 6.19. The third kappa shape index (κ3) is 4.22. The van der Waals surface area contributed by atoms with Crippen molar-refractivity contribution >= 4 is 0 Å². The van der Waals surface area contributed by atoms with Gasteiger partial charge in [-0.2, -0.15) is 0 Å². The predicted octanol–water partition coefficient (Wildman–Crippen LogP) is 3.55. The van der Waals surface area contributed by atoms with Crippen LogP contribution in [0.4, 0.5) is 0 Å². The van der Waals surface area contributed by atoms with Gasteiger partial charge in [0.1, 0.15) is 5.75 Å². The van der Waals surface area contributed by atoms with Crippen molar-refractivity contribution in [3.05, 3.63) is 29.8 Å². The summed E-state index contributed by atoms with van der Waals surface area (Å²) in [6, 6.07) is 9.40. The molecule has 1 aromatic carbocycles. The third-order valence-corrected chi connectivity index (χ3v) is 3.88. The average Bonchev–Trinajstić information content (AvgIpc) is 2.40. The standard InChI is InChI=1S/C17H27NO2/c1-12(2)11-20-16-7-5-14(6-8-16)13(3)18-15-9-17(10-15)19-4/h5-8,12-13,15,17-18H,9-11H2,1-4H3. The molecule has 0 aliphatic heterocycles. The number of hydrogen-bond donors (Lipinski definition) is 1. The van der Waals surface area contributed by atoms with Gasteiger partial charge < -0.3 is 14.8 Å². The highest BCUT2D eigenvalue weighted by molar-refractivity contribution is 5.29. The highest BCUT2D eigenvalue weighted by atomic mass is 16.5. The zero-order chi connectivity index (χ0) is 14.5. The quantitative estimate of drug-likeness (QED) is 0.827. The molecule has 1 atom stereocenters. The van der Waals surface area contributed by atoms with Gasteiger partial charge in [-0.1, -0.05) is 26.0 Å². The second-order valence-electron chi connectivity index (χ2n) is 6.19. The fourth-order valence-corrected chi connectivity index (χ4v) is 2.46. The van der Waals surface area contributed by atoms with Gasteiger partial charge in [0.2, 0.25) is 0 Å². The largest absolute Gasteiger partial charge is 0.493 e. The lowest BCUT2D eigenvalue weighted by Gasteiger charge is -2.36. The van der Waals surface area contributed by atoms with Crippen molar-refractivity contribution in [1.82, 2.24) is 5.32 Å². The van der Waals surface area contributed by atoms with Crippen LogP contribution in [0.1, 0.15) is 45.2 Å². The summed E-state index contributed by atoms with van der Waals surface area (Å²) in [5.41, 5.74) is 1.31. The van der Waals surface area contributed by atoms with Crippen LogP contribution in [0, 0.1) is 5.92 Å². The Morgan fingerprint density at radius 1 is 1.15 bits per heavy atom. The lowest BCUT2D eigenvalue weighted by atomic mass is 9.88. The molecule has 1 N–H and O–H groups in total. The minimum Gasteiger partial charge on any atom is -0.493 e. The van der Waals surface area contributed by atoms with Gasteiger partial charge in [-0.25, -0.2) is 0 Å². The highest BCUT2D eigenvalue weighted by Crippen LogP contribution is 2.26. The first-order chi connectivity index (χ1) is 9.58. The molecule has 20 heavy (non-hydrogen) atoms. The van der Waals surface area contributed by atoms with Gasteiger partial charge in [0.15, 0.2) is 0 Å². The van der Waals surface area contributed by atoms with Crippen LogP contribution < -0.4 is 10.1 Å². The minimum atomic E-state index is 0.372. The molecule has 0 amide bonds. The summed E-state index contributed by atoms with van der Waals surface area (Å²) in [7, 11) is 1.79. The Bertz CT molecular complexity index is 396. The Morgan fingerprint density at radius 2 is 1.80 bits per heavy atom. The monoisotopic (exact) mass is 277 g/mol. The van der Waals surface area contributed by atoms with E-state index in [1.165, 1.54) is 5.56 Å². The van der Waals surface area contributed by atoms with Gasteiger partial charge in [0.25, 0.3) is 0 Å². The van der Waals surface area contributed by atoms with Crippen LogP contribution in [0.5, 0.6) is 5.75 Å². The molecule has 1 aliphatic rings. The molecular formula is C17H27NO2. The average molecular weight is 277 g/mol. The zero-order valence-corrected chi connectivity index (χ0v) is 13.1. The predicted molar refractivity (Wildman–Crippen MR) is 82.1 cm³/mol. The molecule has 1 aliphatic carbocycles. The van der Waals surface area contributed by atoms with Gasteiger partial charge in [0, 0.05) is 19.2 Å². The molecule has 2 rings (SSSR count). The molecule has 1 fully saturated rings. The van der Waals surface area contributed by atoms with E-state index in [1.807, 2.05) is 0 Å². The summed E-state index contributed by atoms with van der Waals surface area (Å²) < 4.78 is 11.0. The van der Waals surface area contributed by atoms with Gasteiger partial charge in [-0.3, -0.25) is 0 Å². The van der Waals surface area contributed by atoms with Crippen molar-refractivity contribution in [2.75, 3.05) is 13.7 Å². The molecule has 1 unspecified atom stereocenters. The molecular weight excluding hydrogens is 250 g/mol. The molecule has 3 nitrogen and oxygen atoms in total. The lowest BCUT2D eigenvalue weighted by molar-refractivity contribution is 0.0147. The number of hydrogen-bond acceptors (Lipinski definition) is 3. The first-order valence-electron chi connectivity index (χ1n) is 7.60. The molecule has 0 radical (unpaired) electrons. The van der Waals surface area contributed by atoms with Crippen molar-refractivity contribution in [1.29, 1.82) is 0 Å². The van der Waals surface area contributed by atoms with E-state index in [-0.39, 0.29) is 0 Å². The van der Waals surface area contributed by atoms with E-state index in [4.69, 9.17) is 9.47 Å². The number of methoxy groups -OCH3 is 1. The molecule has 112 valence electrons.